The van der Waals surface area contributed by atoms with Crippen molar-refractivity contribution in [3.63, 3.8) is 0 Å². The molecule has 0 amide bonds. The SMILES string of the molecule is CCCNC.c1ccc2c(c1)CCOO2. The van der Waals surface area contributed by atoms with Gasteiger partial charge < -0.3 is 10.2 Å². The standard InChI is InChI=1S/C8H8O2.C4H11N/c1-2-4-8-7(3-1)5-6-9-10-8;1-3-4-5-2/h1-4H,5-6H2;5H,3-4H2,1-2H3. The topological polar surface area (TPSA) is 30.5 Å². The Bertz CT molecular complexity index is 249. The zero-order valence-electron chi connectivity index (χ0n) is 9.45. The molecular weight excluding hydrogens is 190 g/mol. The molecule has 2 rings (SSSR count). The van der Waals surface area contributed by atoms with Gasteiger partial charge in [0.1, 0.15) is 0 Å². The molecule has 0 atom stereocenters. The monoisotopic (exact) mass is 209 g/mol. The third-order valence-electron chi connectivity index (χ3n) is 2.08. The maximum Gasteiger partial charge on any atom is 0.168 e. The number of benzene rings is 1. The molecule has 0 unspecified atom stereocenters. The zero-order valence-corrected chi connectivity index (χ0v) is 9.45. The third-order valence-corrected chi connectivity index (χ3v) is 2.08. The average molecular weight is 209 g/mol. The van der Waals surface area contributed by atoms with E-state index < -0.39 is 0 Å². The van der Waals surface area contributed by atoms with Crippen LogP contribution in [0.2, 0.25) is 0 Å². The minimum atomic E-state index is 0.664. The van der Waals surface area contributed by atoms with Crippen molar-refractivity contribution in [2.24, 2.45) is 0 Å². The summed E-state index contributed by atoms with van der Waals surface area (Å²) in [6.07, 6.45) is 2.19. The van der Waals surface area contributed by atoms with Crippen molar-refractivity contribution in [2.75, 3.05) is 20.2 Å². The Kier molecular flexibility index (Phi) is 5.81. The Morgan fingerprint density at radius 3 is 2.73 bits per heavy atom. The maximum absolute atomic E-state index is 4.92. The highest BCUT2D eigenvalue weighted by atomic mass is 17.2. The second-order valence-corrected chi connectivity index (χ2v) is 3.37. The predicted molar refractivity (Wildman–Crippen MR) is 60.9 cm³/mol. The summed E-state index contributed by atoms with van der Waals surface area (Å²) in [7, 11) is 1.96. The minimum absolute atomic E-state index is 0.664. The van der Waals surface area contributed by atoms with Crippen LogP contribution in [0.5, 0.6) is 5.75 Å². The van der Waals surface area contributed by atoms with Crippen molar-refractivity contribution in [2.45, 2.75) is 19.8 Å². The molecule has 1 aliphatic heterocycles. The lowest BCUT2D eigenvalue weighted by molar-refractivity contribution is -0.215. The second-order valence-electron chi connectivity index (χ2n) is 3.37. The van der Waals surface area contributed by atoms with Gasteiger partial charge >= 0.3 is 0 Å². The van der Waals surface area contributed by atoms with E-state index in [9.17, 15) is 0 Å². The van der Waals surface area contributed by atoms with E-state index in [1.165, 1.54) is 12.0 Å². The third kappa shape index (κ3) is 4.32. The van der Waals surface area contributed by atoms with Crippen LogP contribution in [0.15, 0.2) is 24.3 Å². The van der Waals surface area contributed by atoms with Gasteiger partial charge in [0.15, 0.2) is 5.75 Å². The summed E-state index contributed by atoms with van der Waals surface area (Å²) >= 11 is 0. The molecule has 0 saturated carbocycles. The largest absolute Gasteiger partial charge is 0.337 e. The van der Waals surface area contributed by atoms with Crippen molar-refractivity contribution < 1.29 is 9.78 Å². The Labute approximate surface area is 91.3 Å². The van der Waals surface area contributed by atoms with Crippen LogP contribution >= 0.6 is 0 Å². The van der Waals surface area contributed by atoms with Gasteiger partial charge in [0.05, 0.1) is 6.61 Å². The molecule has 0 aromatic heterocycles. The maximum atomic E-state index is 4.92. The van der Waals surface area contributed by atoms with Crippen LogP contribution in [0.25, 0.3) is 0 Å². The van der Waals surface area contributed by atoms with E-state index in [0.29, 0.717) is 6.61 Å². The first-order chi connectivity index (χ1) is 7.38. The summed E-state index contributed by atoms with van der Waals surface area (Å²) < 4.78 is 0. The lowest BCUT2D eigenvalue weighted by atomic mass is 10.1. The second kappa shape index (κ2) is 7.26. The molecule has 1 N–H and O–H groups in total. The Balaban J connectivity index is 0.000000195. The van der Waals surface area contributed by atoms with Crippen LogP contribution in [0, 0.1) is 0 Å². The van der Waals surface area contributed by atoms with Gasteiger partial charge in [-0.3, -0.25) is 0 Å². The molecule has 15 heavy (non-hydrogen) atoms. The van der Waals surface area contributed by atoms with Crippen LogP contribution in [0.3, 0.4) is 0 Å². The lowest BCUT2D eigenvalue weighted by Gasteiger charge is -2.14. The van der Waals surface area contributed by atoms with E-state index in [1.54, 1.807) is 0 Å². The lowest BCUT2D eigenvalue weighted by Crippen LogP contribution is -2.10. The summed E-state index contributed by atoms with van der Waals surface area (Å²) in [5.74, 6) is 0.855. The summed E-state index contributed by atoms with van der Waals surface area (Å²) in [5.41, 5.74) is 1.23. The van der Waals surface area contributed by atoms with Crippen molar-refractivity contribution in [1.29, 1.82) is 0 Å². The first kappa shape index (κ1) is 12.0. The first-order valence-electron chi connectivity index (χ1n) is 5.40. The molecule has 0 fully saturated rings. The quantitative estimate of drug-likeness (QED) is 0.757. The smallest absolute Gasteiger partial charge is 0.168 e. The van der Waals surface area contributed by atoms with Crippen LogP contribution in [0.1, 0.15) is 18.9 Å². The van der Waals surface area contributed by atoms with Gasteiger partial charge in [0.2, 0.25) is 0 Å². The van der Waals surface area contributed by atoms with Crippen LogP contribution in [-0.4, -0.2) is 20.2 Å². The van der Waals surface area contributed by atoms with Crippen molar-refractivity contribution >= 4 is 0 Å². The van der Waals surface area contributed by atoms with Crippen molar-refractivity contribution in [3.05, 3.63) is 29.8 Å². The molecule has 1 aromatic rings. The molecule has 3 nitrogen and oxygen atoms in total. The normalized spacial score (nSPS) is 13.2. The molecule has 0 aliphatic carbocycles. The first-order valence-corrected chi connectivity index (χ1v) is 5.40. The molecule has 0 spiro atoms. The van der Waals surface area contributed by atoms with Crippen molar-refractivity contribution in [1.82, 2.24) is 5.32 Å². The van der Waals surface area contributed by atoms with Crippen molar-refractivity contribution in [3.8, 4) is 5.75 Å². The number of fused-ring (bicyclic) bond motifs is 1. The molecule has 3 heteroatoms. The highest BCUT2D eigenvalue weighted by Gasteiger charge is 2.08. The molecule has 0 bridgehead atoms. The van der Waals surface area contributed by atoms with Crippen LogP contribution in [-0.2, 0) is 11.3 Å². The van der Waals surface area contributed by atoms with Gasteiger partial charge in [-0.05, 0) is 26.1 Å². The van der Waals surface area contributed by atoms with Gasteiger partial charge in [-0.25, -0.2) is 0 Å². The van der Waals surface area contributed by atoms with E-state index in [2.05, 4.69) is 18.3 Å². The zero-order chi connectivity index (χ0) is 10.9. The van der Waals surface area contributed by atoms with Gasteiger partial charge in [-0.15, -0.1) is 0 Å². The van der Waals surface area contributed by atoms with Gasteiger partial charge in [0, 0.05) is 12.0 Å². The van der Waals surface area contributed by atoms with Crippen LogP contribution in [0.4, 0.5) is 0 Å². The summed E-state index contributed by atoms with van der Waals surface area (Å²) in [6, 6.07) is 7.91. The van der Waals surface area contributed by atoms with Gasteiger partial charge in [-0.2, -0.15) is 4.89 Å². The highest BCUT2D eigenvalue weighted by Crippen LogP contribution is 2.21. The fraction of sp³-hybridized carbons (Fsp3) is 0.500. The Morgan fingerprint density at radius 1 is 1.33 bits per heavy atom. The summed E-state index contributed by atoms with van der Waals surface area (Å²) in [4.78, 5) is 9.72. The number of rotatable bonds is 2. The molecule has 1 aromatic carbocycles. The van der Waals surface area contributed by atoms with E-state index in [1.807, 2.05) is 25.2 Å². The molecule has 1 aliphatic rings. The number of hydrogen-bond acceptors (Lipinski definition) is 3. The number of para-hydroxylation sites is 1. The summed E-state index contributed by atoms with van der Waals surface area (Å²) in [5, 5.41) is 3.02. The van der Waals surface area contributed by atoms with Gasteiger partial charge in [-0.1, -0.05) is 25.1 Å². The molecule has 0 radical (unpaired) electrons. The average Bonchev–Trinajstić information content (AvgIpc) is 2.31. The Morgan fingerprint density at radius 2 is 2.13 bits per heavy atom. The Hall–Kier alpha value is -1.06. The van der Waals surface area contributed by atoms with E-state index in [4.69, 9.17) is 9.78 Å². The van der Waals surface area contributed by atoms with Crippen LogP contribution < -0.4 is 10.2 Å². The molecule has 1 heterocycles. The minimum Gasteiger partial charge on any atom is -0.337 e. The van der Waals surface area contributed by atoms with E-state index >= 15 is 0 Å². The molecule has 84 valence electrons. The fourth-order valence-corrected chi connectivity index (χ4v) is 1.30. The highest BCUT2D eigenvalue weighted by molar-refractivity contribution is 5.33. The number of nitrogens with one attached hydrogen (secondary N) is 1. The molecular formula is C12H19NO2. The molecule has 0 saturated heterocycles. The van der Waals surface area contributed by atoms with E-state index in [0.717, 1.165) is 18.7 Å². The predicted octanol–water partition coefficient (Wildman–Crippen LogP) is 2.17. The number of hydrogen-bond donors (Lipinski definition) is 1. The van der Waals surface area contributed by atoms with E-state index in [-0.39, 0.29) is 0 Å². The fourth-order valence-electron chi connectivity index (χ4n) is 1.30. The summed E-state index contributed by atoms with van der Waals surface area (Å²) in [6.45, 7) is 3.95. The van der Waals surface area contributed by atoms with Gasteiger partial charge in [0.25, 0.3) is 0 Å².